The smallest absolute Gasteiger partial charge is 0.252 e. The van der Waals surface area contributed by atoms with Crippen molar-refractivity contribution in [1.82, 2.24) is 9.21 Å². The van der Waals surface area contributed by atoms with Crippen LogP contribution in [0.3, 0.4) is 0 Å². The zero-order valence-corrected chi connectivity index (χ0v) is 21.1. The third kappa shape index (κ3) is 5.20. The summed E-state index contributed by atoms with van der Waals surface area (Å²) in [5.41, 5.74) is 1.41. The minimum Gasteiger partial charge on any atom is -0.299 e. The standard InChI is InChI=1S/C28H28FN3O4S/c29-22-11-13-23(14-12-22)31-27(33)19-26(28(31)34)32(37(35,36)25-9-5-2-6-10-25)24-15-17-30(18-16-24)20-21-7-3-1-4-8-21/h1-14,24,26H,15-20H2. The molecular formula is C28H28FN3O4S. The molecule has 3 aromatic carbocycles. The molecule has 1 atom stereocenters. The summed E-state index contributed by atoms with van der Waals surface area (Å²) in [6, 6.07) is 21.5. The molecule has 0 spiro atoms. The van der Waals surface area contributed by atoms with Crippen LogP contribution in [0.25, 0.3) is 0 Å². The quantitative estimate of drug-likeness (QED) is 0.442. The molecule has 37 heavy (non-hydrogen) atoms. The van der Waals surface area contributed by atoms with E-state index in [0.717, 1.165) is 11.4 Å². The number of piperidine rings is 1. The van der Waals surface area contributed by atoms with Gasteiger partial charge < -0.3 is 0 Å². The Morgan fingerprint density at radius 2 is 1.43 bits per heavy atom. The normalized spacial score (nSPS) is 19.6. The number of hydrogen-bond acceptors (Lipinski definition) is 5. The topological polar surface area (TPSA) is 78.0 Å². The Bertz CT molecular complexity index is 1360. The van der Waals surface area contributed by atoms with Crippen molar-refractivity contribution in [2.24, 2.45) is 0 Å². The van der Waals surface area contributed by atoms with Crippen molar-refractivity contribution in [3.63, 3.8) is 0 Å². The minimum absolute atomic E-state index is 0.0854. The average molecular weight is 522 g/mol. The first-order chi connectivity index (χ1) is 17.8. The second-order valence-corrected chi connectivity index (χ2v) is 11.2. The maximum absolute atomic E-state index is 13.9. The molecule has 9 heteroatoms. The van der Waals surface area contributed by atoms with E-state index in [1.54, 1.807) is 18.2 Å². The summed E-state index contributed by atoms with van der Waals surface area (Å²) in [7, 11) is -4.07. The molecule has 0 aromatic heterocycles. The monoisotopic (exact) mass is 521 g/mol. The number of anilines is 1. The van der Waals surface area contributed by atoms with E-state index in [0.29, 0.717) is 25.9 Å². The molecule has 3 aromatic rings. The summed E-state index contributed by atoms with van der Waals surface area (Å²) in [5.74, 6) is -1.60. The van der Waals surface area contributed by atoms with Gasteiger partial charge in [0.15, 0.2) is 0 Å². The number of benzene rings is 3. The van der Waals surface area contributed by atoms with Gasteiger partial charge in [0.1, 0.15) is 11.9 Å². The van der Waals surface area contributed by atoms with Crippen molar-refractivity contribution in [1.29, 1.82) is 0 Å². The van der Waals surface area contributed by atoms with Crippen molar-refractivity contribution in [3.05, 3.63) is 96.3 Å². The number of sulfonamides is 1. The van der Waals surface area contributed by atoms with Crippen molar-refractivity contribution < 1.29 is 22.4 Å². The van der Waals surface area contributed by atoms with E-state index in [1.807, 2.05) is 18.2 Å². The summed E-state index contributed by atoms with van der Waals surface area (Å²) in [5, 5.41) is 0. The number of halogens is 1. The van der Waals surface area contributed by atoms with Crippen molar-refractivity contribution in [2.75, 3.05) is 18.0 Å². The Kier molecular flexibility index (Phi) is 7.19. The second-order valence-electron chi connectivity index (χ2n) is 9.40. The molecule has 0 N–H and O–H groups in total. The highest BCUT2D eigenvalue weighted by atomic mass is 32.2. The van der Waals surface area contributed by atoms with Gasteiger partial charge in [-0.25, -0.2) is 17.7 Å². The molecule has 1 unspecified atom stereocenters. The third-order valence-corrected chi connectivity index (χ3v) is 8.98. The van der Waals surface area contributed by atoms with Crippen LogP contribution in [0.15, 0.2) is 89.8 Å². The predicted octanol–water partition coefficient (Wildman–Crippen LogP) is 3.81. The van der Waals surface area contributed by atoms with Crippen LogP contribution in [0.4, 0.5) is 10.1 Å². The fourth-order valence-electron chi connectivity index (χ4n) is 5.18. The molecule has 2 amide bonds. The van der Waals surface area contributed by atoms with E-state index in [9.17, 15) is 22.4 Å². The van der Waals surface area contributed by atoms with Crippen LogP contribution in [0.1, 0.15) is 24.8 Å². The van der Waals surface area contributed by atoms with Crippen molar-refractivity contribution in [2.45, 2.75) is 42.8 Å². The van der Waals surface area contributed by atoms with E-state index < -0.39 is 39.7 Å². The summed E-state index contributed by atoms with van der Waals surface area (Å²) in [6.07, 6.45) is 0.813. The number of likely N-dealkylation sites (tertiary alicyclic amines) is 1. The van der Waals surface area contributed by atoms with E-state index in [1.165, 1.54) is 46.3 Å². The molecule has 192 valence electrons. The van der Waals surface area contributed by atoms with Crippen LogP contribution in [-0.4, -0.2) is 54.6 Å². The summed E-state index contributed by atoms with van der Waals surface area (Å²) in [6.45, 7) is 2.09. The number of imide groups is 1. The van der Waals surface area contributed by atoms with Gasteiger partial charge in [-0.3, -0.25) is 14.5 Å². The van der Waals surface area contributed by atoms with Gasteiger partial charge in [0.05, 0.1) is 17.0 Å². The Morgan fingerprint density at radius 3 is 2.05 bits per heavy atom. The maximum atomic E-state index is 13.9. The zero-order valence-electron chi connectivity index (χ0n) is 20.2. The largest absolute Gasteiger partial charge is 0.299 e. The highest BCUT2D eigenvalue weighted by Gasteiger charge is 2.49. The number of amides is 2. The SMILES string of the molecule is O=C1CC(N(C2CCN(Cc3ccccc3)CC2)S(=O)(=O)c2ccccc2)C(=O)N1c1ccc(F)cc1. The Hall–Kier alpha value is -3.40. The van der Waals surface area contributed by atoms with Gasteiger partial charge in [0.25, 0.3) is 5.91 Å². The van der Waals surface area contributed by atoms with Crippen LogP contribution >= 0.6 is 0 Å². The lowest BCUT2D eigenvalue weighted by molar-refractivity contribution is -0.122. The average Bonchev–Trinajstić information content (AvgIpc) is 3.20. The maximum Gasteiger partial charge on any atom is 0.252 e. The molecule has 2 aliphatic rings. The minimum atomic E-state index is -4.07. The van der Waals surface area contributed by atoms with Gasteiger partial charge in [0, 0.05) is 25.7 Å². The van der Waals surface area contributed by atoms with Crippen molar-refractivity contribution >= 4 is 27.5 Å². The number of carbonyl (C=O) groups is 2. The van der Waals surface area contributed by atoms with E-state index in [2.05, 4.69) is 17.0 Å². The molecule has 0 saturated carbocycles. The van der Waals surface area contributed by atoms with E-state index in [4.69, 9.17) is 0 Å². The van der Waals surface area contributed by atoms with Crippen LogP contribution < -0.4 is 4.90 Å². The lowest BCUT2D eigenvalue weighted by Crippen LogP contribution is -2.53. The van der Waals surface area contributed by atoms with Crippen LogP contribution in [0, 0.1) is 5.82 Å². The highest BCUT2D eigenvalue weighted by Crippen LogP contribution is 2.33. The zero-order chi connectivity index (χ0) is 26.0. The third-order valence-electron chi connectivity index (χ3n) is 7.00. The summed E-state index contributed by atoms with van der Waals surface area (Å²) < 4.78 is 42.5. The fraction of sp³-hybridized carbons (Fsp3) is 0.286. The second kappa shape index (κ2) is 10.5. The van der Waals surface area contributed by atoms with Gasteiger partial charge >= 0.3 is 0 Å². The predicted molar refractivity (Wildman–Crippen MR) is 138 cm³/mol. The Labute approximate surface area is 216 Å². The first-order valence-corrected chi connectivity index (χ1v) is 13.8. The molecule has 2 heterocycles. The first-order valence-electron chi connectivity index (χ1n) is 12.3. The van der Waals surface area contributed by atoms with Gasteiger partial charge in [-0.05, 0) is 54.8 Å². The highest BCUT2D eigenvalue weighted by molar-refractivity contribution is 7.89. The Morgan fingerprint density at radius 1 is 0.838 bits per heavy atom. The van der Waals surface area contributed by atoms with Gasteiger partial charge in [-0.1, -0.05) is 48.5 Å². The van der Waals surface area contributed by atoms with Gasteiger partial charge in [0.2, 0.25) is 15.9 Å². The summed E-state index contributed by atoms with van der Waals surface area (Å²) >= 11 is 0. The molecule has 0 bridgehead atoms. The Balaban J connectivity index is 1.42. The lowest BCUT2D eigenvalue weighted by Gasteiger charge is -2.39. The molecule has 5 rings (SSSR count). The molecule has 7 nitrogen and oxygen atoms in total. The number of nitrogens with zero attached hydrogens (tertiary/aromatic N) is 3. The van der Waals surface area contributed by atoms with Crippen LogP contribution in [0.2, 0.25) is 0 Å². The van der Waals surface area contributed by atoms with Crippen LogP contribution in [-0.2, 0) is 26.2 Å². The van der Waals surface area contributed by atoms with Crippen LogP contribution in [0.5, 0.6) is 0 Å². The number of carbonyl (C=O) groups excluding carboxylic acids is 2. The molecular weight excluding hydrogens is 493 g/mol. The van der Waals surface area contributed by atoms with E-state index in [-0.39, 0.29) is 17.0 Å². The van der Waals surface area contributed by atoms with Crippen molar-refractivity contribution in [3.8, 4) is 0 Å². The molecule has 0 aliphatic carbocycles. The summed E-state index contributed by atoms with van der Waals surface area (Å²) in [4.78, 5) is 29.9. The van der Waals surface area contributed by atoms with E-state index >= 15 is 0 Å². The number of rotatable bonds is 7. The molecule has 2 aliphatic heterocycles. The lowest BCUT2D eigenvalue weighted by atomic mass is 10.0. The van der Waals surface area contributed by atoms with Gasteiger partial charge in [-0.15, -0.1) is 0 Å². The molecule has 2 fully saturated rings. The fourth-order valence-corrected chi connectivity index (χ4v) is 7.03. The molecule has 0 radical (unpaired) electrons. The van der Waals surface area contributed by atoms with Gasteiger partial charge in [-0.2, -0.15) is 4.31 Å². The number of hydrogen-bond donors (Lipinski definition) is 0. The molecule has 2 saturated heterocycles. The first kappa shape index (κ1) is 25.3.